The molecule has 0 aliphatic rings. The summed E-state index contributed by atoms with van der Waals surface area (Å²) in [6, 6.07) is 8.38. The Morgan fingerprint density at radius 3 is 2.37 bits per heavy atom. The van der Waals surface area contributed by atoms with Gasteiger partial charge in [-0.25, -0.2) is 0 Å². The van der Waals surface area contributed by atoms with Gasteiger partial charge in [0.1, 0.15) is 5.75 Å². The summed E-state index contributed by atoms with van der Waals surface area (Å²) in [4.78, 5) is 11.5. The van der Waals surface area contributed by atoms with Gasteiger partial charge in [0.2, 0.25) is 0 Å². The van der Waals surface area contributed by atoms with Gasteiger partial charge in [-0.3, -0.25) is 4.57 Å². The lowest BCUT2D eigenvalue weighted by Crippen LogP contribution is -2.11. The molecule has 0 bridgehead atoms. The van der Waals surface area contributed by atoms with Crippen LogP contribution in [-0.4, -0.2) is 6.61 Å². The Bertz CT molecular complexity index is 380. The normalized spacial score (nSPS) is 14.0. The van der Waals surface area contributed by atoms with Crippen LogP contribution in [-0.2, 0) is 9.09 Å². The molecule has 0 aliphatic carbocycles. The van der Waals surface area contributed by atoms with Crippen LogP contribution in [0, 0.1) is 0 Å². The van der Waals surface area contributed by atoms with Crippen LogP contribution in [0.25, 0.3) is 0 Å². The fraction of sp³-hybridized carbons (Fsp3) is 0.571. The van der Waals surface area contributed by atoms with E-state index in [1.165, 1.54) is 19.3 Å². The van der Waals surface area contributed by atoms with Gasteiger partial charge < -0.3 is 13.9 Å². The average molecular weight is 285 g/mol. The van der Waals surface area contributed by atoms with Crippen molar-refractivity contribution in [3.63, 3.8) is 0 Å². The molecular formula is C14H22O4P-. The van der Waals surface area contributed by atoms with Crippen LogP contribution in [0.5, 0.6) is 5.75 Å². The third-order valence-electron chi connectivity index (χ3n) is 2.71. The Morgan fingerprint density at radius 2 is 1.68 bits per heavy atom. The number of unbranched alkanes of at least 4 members (excludes halogenated alkanes) is 5. The highest BCUT2D eigenvalue weighted by atomic mass is 31.2. The standard InChI is InChI=1S/C14H23O4P/c1-2-3-4-5-6-10-13-17-19(15,16)18-14-11-8-7-9-12-14/h7-9,11-12H,2-6,10,13H2,1H3,(H,15,16)/p-1. The molecule has 0 saturated heterocycles. The van der Waals surface area contributed by atoms with E-state index in [9.17, 15) is 9.46 Å². The number of phosphoric ester groups is 1. The van der Waals surface area contributed by atoms with Crippen LogP contribution in [0.2, 0.25) is 0 Å². The van der Waals surface area contributed by atoms with Crippen LogP contribution in [0.4, 0.5) is 0 Å². The molecule has 1 atom stereocenters. The van der Waals surface area contributed by atoms with E-state index >= 15 is 0 Å². The van der Waals surface area contributed by atoms with E-state index in [1.807, 2.05) is 0 Å². The monoisotopic (exact) mass is 285 g/mol. The van der Waals surface area contributed by atoms with Gasteiger partial charge >= 0.3 is 7.82 Å². The molecule has 5 heteroatoms. The molecule has 0 spiro atoms. The molecule has 19 heavy (non-hydrogen) atoms. The lowest BCUT2D eigenvalue weighted by Gasteiger charge is -2.23. The summed E-state index contributed by atoms with van der Waals surface area (Å²) in [6.45, 7) is 2.36. The van der Waals surface area contributed by atoms with E-state index in [2.05, 4.69) is 6.92 Å². The molecule has 1 unspecified atom stereocenters. The molecule has 1 aromatic carbocycles. The van der Waals surface area contributed by atoms with Gasteiger partial charge in [-0.05, 0) is 18.6 Å². The van der Waals surface area contributed by atoms with Crippen molar-refractivity contribution in [1.82, 2.24) is 0 Å². The van der Waals surface area contributed by atoms with E-state index in [-0.39, 0.29) is 12.4 Å². The van der Waals surface area contributed by atoms with Crippen molar-refractivity contribution in [2.75, 3.05) is 6.61 Å². The van der Waals surface area contributed by atoms with E-state index in [1.54, 1.807) is 30.3 Å². The molecule has 1 aromatic rings. The molecule has 0 saturated carbocycles. The summed E-state index contributed by atoms with van der Waals surface area (Å²) < 4.78 is 21.2. The molecule has 0 aromatic heterocycles. The number of hydrogen-bond acceptors (Lipinski definition) is 4. The summed E-state index contributed by atoms with van der Waals surface area (Å²) in [6.07, 6.45) is 6.50. The third kappa shape index (κ3) is 8.04. The summed E-state index contributed by atoms with van der Waals surface area (Å²) >= 11 is 0. The zero-order valence-electron chi connectivity index (χ0n) is 11.4. The van der Waals surface area contributed by atoms with Crippen molar-refractivity contribution in [2.45, 2.75) is 45.4 Å². The minimum Gasteiger partial charge on any atom is -0.746 e. The number of rotatable bonds is 10. The average Bonchev–Trinajstić information content (AvgIpc) is 2.38. The van der Waals surface area contributed by atoms with Gasteiger partial charge in [0, 0.05) is 0 Å². The molecule has 4 nitrogen and oxygen atoms in total. The van der Waals surface area contributed by atoms with Crippen molar-refractivity contribution < 1.29 is 18.5 Å². The zero-order chi connectivity index (χ0) is 14.0. The van der Waals surface area contributed by atoms with Crippen LogP contribution < -0.4 is 9.42 Å². The number of para-hydroxylation sites is 1. The quantitative estimate of drug-likeness (QED) is 0.483. The van der Waals surface area contributed by atoms with Crippen LogP contribution in [0.15, 0.2) is 30.3 Å². The fourth-order valence-electron chi connectivity index (χ4n) is 1.70. The maximum absolute atomic E-state index is 11.5. The predicted octanol–water partition coefficient (Wildman–Crippen LogP) is 3.91. The summed E-state index contributed by atoms with van der Waals surface area (Å²) in [7, 11) is -4.23. The molecule has 108 valence electrons. The Balaban J connectivity index is 2.15. The molecular weight excluding hydrogens is 263 g/mol. The predicted molar refractivity (Wildman–Crippen MR) is 74.0 cm³/mol. The number of phosphoric acid groups is 1. The maximum atomic E-state index is 11.5. The smallest absolute Gasteiger partial charge is 0.319 e. The van der Waals surface area contributed by atoms with Crippen LogP contribution >= 0.6 is 7.82 Å². The molecule has 0 heterocycles. The van der Waals surface area contributed by atoms with Crippen molar-refractivity contribution in [3.05, 3.63) is 30.3 Å². The largest absolute Gasteiger partial charge is 0.746 e. The lowest BCUT2D eigenvalue weighted by atomic mass is 10.1. The van der Waals surface area contributed by atoms with E-state index in [0.29, 0.717) is 0 Å². The summed E-state index contributed by atoms with van der Waals surface area (Å²) in [5.74, 6) is 0.281. The Morgan fingerprint density at radius 1 is 1.05 bits per heavy atom. The van der Waals surface area contributed by atoms with Gasteiger partial charge in [0.25, 0.3) is 0 Å². The molecule has 0 aliphatic heterocycles. The number of hydrogen-bond donors (Lipinski definition) is 0. The highest BCUT2D eigenvalue weighted by Gasteiger charge is 2.10. The minimum absolute atomic E-state index is 0.194. The SMILES string of the molecule is CCCCCCCCOP(=O)([O-])Oc1ccccc1. The van der Waals surface area contributed by atoms with E-state index in [0.717, 1.165) is 19.3 Å². The topological polar surface area (TPSA) is 58.6 Å². The molecule has 0 amide bonds. The Hall–Kier alpha value is -0.830. The van der Waals surface area contributed by atoms with Crippen molar-refractivity contribution >= 4 is 7.82 Å². The second-order valence-electron chi connectivity index (χ2n) is 4.45. The van der Waals surface area contributed by atoms with Crippen molar-refractivity contribution in [1.29, 1.82) is 0 Å². The van der Waals surface area contributed by atoms with Gasteiger partial charge in [0.05, 0.1) is 6.61 Å². The van der Waals surface area contributed by atoms with E-state index in [4.69, 9.17) is 9.05 Å². The highest BCUT2D eigenvalue weighted by Crippen LogP contribution is 2.39. The van der Waals surface area contributed by atoms with Gasteiger partial charge in [0.15, 0.2) is 0 Å². The zero-order valence-corrected chi connectivity index (χ0v) is 12.3. The maximum Gasteiger partial charge on any atom is 0.319 e. The number of benzene rings is 1. The van der Waals surface area contributed by atoms with Crippen LogP contribution in [0.3, 0.4) is 0 Å². The lowest BCUT2D eigenvalue weighted by molar-refractivity contribution is -0.217. The van der Waals surface area contributed by atoms with Crippen molar-refractivity contribution in [3.8, 4) is 5.75 Å². The molecule has 0 fully saturated rings. The third-order valence-corrected chi connectivity index (χ3v) is 3.64. The molecule has 1 rings (SSSR count). The Kier molecular flexibility index (Phi) is 7.80. The first-order chi connectivity index (χ1) is 9.14. The molecule has 0 N–H and O–H groups in total. The highest BCUT2D eigenvalue weighted by molar-refractivity contribution is 7.46. The minimum atomic E-state index is -4.23. The first kappa shape index (κ1) is 16.2. The van der Waals surface area contributed by atoms with Crippen LogP contribution in [0.1, 0.15) is 45.4 Å². The second-order valence-corrected chi connectivity index (χ2v) is 5.79. The van der Waals surface area contributed by atoms with Gasteiger partial charge in [-0.15, -0.1) is 0 Å². The first-order valence-electron chi connectivity index (χ1n) is 6.84. The van der Waals surface area contributed by atoms with Crippen molar-refractivity contribution in [2.24, 2.45) is 0 Å². The van der Waals surface area contributed by atoms with Gasteiger partial charge in [-0.1, -0.05) is 57.2 Å². The second kappa shape index (κ2) is 9.13. The summed E-state index contributed by atoms with van der Waals surface area (Å²) in [5.41, 5.74) is 0. The molecule has 0 radical (unpaired) electrons. The fourth-order valence-corrected chi connectivity index (χ4v) is 2.48. The summed E-state index contributed by atoms with van der Waals surface area (Å²) in [5, 5.41) is 0. The first-order valence-corrected chi connectivity index (χ1v) is 8.30. The van der Waals surface area contributed by atoms with Gasteiger partial charge in [-0.2, -0.15) is 0 Å². The van der Waals surface area contributed by atoms with E-state index < -0.39 is 7.82 Å². The Labute approximate surface area is 115 Å².